The molecule has 1 amide bonds. The Morgan fingerprint density at radius 2 is 2.06 bits per heavy atom. The Balaban J connectivity index is 2.52. The molecule has 0 aliphatic heterocycles. The molecule has 0 saturated heterocycles. The van der Waals surface area contributed by atoms with Crippen LogP contribution in [0, 0.1) is 11.6 Å². The summed E-state index contributed by atoms with van der Waals surface area (Å²) in [5, 5.41) is 2.31. The van der Waals surface area contributed by atoms with E-state index in [9.17, 15) is 13.6 Å². The standard InChI is InChI=1S/C11H12ClF2NO/c12-6-2-1-3-11(16)15-10-7-8(13)4-5-9(10)14/h4-5,7H,1-3,6H2,(H,15,16). The lowest BCUT2D eigenvalue weighted by Gasteiger charge is -2.05. The fraction of sp³-hybridized carbons (Fsp3) is 0.364. The molecule has 88 valence electrons. The van der Waals surface area contributed by atoms with Crippen LogP contribution in [0.5, 0.6) is 0 Å². The molecule has 0 spiro atoms. The first-order valence-corrected chi connectivity index (χ1v) is 5.48. The summed E-state index contributed by atoms with van der Waals surface area (Å²) in [6.45, 7) is 0. The maximum absolute atomic E-state index is 13.1. The molecule has 0 aliphatic rings. The summed E-state index contributed by atoms with van der Waals surface area (Å²) < 4.78 is 25.9. The quantitative estimate of drug-likeness (QED) is 0.628. The largest absolute Gasteiger partial charge is 0.324 e. The van der Waals surface area contributed by atoms with Crippen LogP contribution in [-0.4, -0.2) is 11.8 Å². The SMILES string of the molecule is O=C(CCCCCl)Nc1cc(F)ccc1F. The molecular weight excluding hydrogens is 236 g/mol. The lowest BCUT2D eigenvalue weighted by atomic mass is 10.2. The third-order valence-electron chi connectivity index (χ3n) is 1.99. The Morgan fingerprint density at radius 3 is 2.75 bits per heavy atom. The van der Waals surface area contributed by atoms with E-state index in [0.717, 1.165) is 24.6 Å². The van der Waals surface area contributed by atoms with Crippen molar-refractivity contribution in [2.45, 2.75) is 19.3 Å². The van der Waals surface area contributed by atoms with Crippen molar-refractivity contribution in [1.29, 1.82) is 0 Å². The number of rotatable bonds is 5. The first-order valence-electron chi connectivity index (χ1n) is 4.94. The molecule has 0 aliphatic carbocycles. The average Bonchev–Trinajstić information content (AvgIpc) is 2.24. The Morgan fingerprint density at radius 1 is 1.31 bits per heavy atom. The van der Waals surface area contributed by atoms with E-state index < -0.39 is 11.6 Å². The van der Waals surface area contributed by atoms with E-state index in [0.29, 0.717) is 12.3 Å². The zero-order valence-corrected chi connectivity index (χ0v) is 9.36. The number of amides is 1. The van der Waals surface area contributed by atoms with Crippen molar-refractivity contribution >= 4 is 23.2 Å². The summed E-state index contributed by atoms with van der Waals surface area (Å²) in [7, 11) is 0. The van der Waals surface area contributed by atoms with E-state index in [1.807, 2.05) is 0 Å². The van der Waals surface area contributed by atoms with E-state index in [2.05, 4.69) is 5.32 Å². The molecule has 0 bridgehead atoms. The predicted molar refractivity (Wildman–Crippen MR) is 59.6 cm³/mol. The lowest BCUT2D eigenvalue weighted by Crippen LogP contribution is -2.12. The highest BCUT2D eigenvalue weighted by molar-refractivity contribution is 6.17. The Kier molecular flexibility index (Phi) is 5.19. The van der Waals surface area contributed by atoms with Crippen molar-refractivity contribution in [3.05, 3.63) is 29.8 Å². The molecule has 1 rings (SSSR count). The molecule has 0 radical (unpaired) electrons. The third kappa shape index (κ3) is 4.14. The van der Waals surface area contributed by atoms with Gasteiger partial charge in [0.25, 0.3) is 0 Å². The zero-order chi connectivity index (χ0) is 12.0. The van der Waals surface area contributed by atoms with Gasteiger partial charge in [-0.2, -0.15) is 0 Å². The Labute approximate surface area is 97.6 Å². The van der Waals surface area contributed by atoms with Gasteiger partial charge in [0.2, 0.25) is 5.91 Å². The highest BCUT2D eigenvalue weighted by Crippen LogP contribution is 2.15. The van der Waals surface area contributed by atoms with Crippen LogP contribution in [0.15, 0.2) is 18.2 Å². The number of nitrogens with one attached hydrogen (secondary N) is 1. The van der Waals surface area contributed by atoms with E-state index in [4.69, 9.17) is 11.6 Å². The molecule has 1 aromatic rings. The molecular formula is C11H12ClF2NO. The monoisotopic (exact) mass is 247 g/mol. The van der Waals surface area contributed by atoms with Gasteiger partial charge in [-0.05, 0) is 25.0 Å². The number of carbonyl (C=O) groups is 1. The minimum absolute atomic E-state index is 0.129. The highest BCUT2D eigenvalue weighted by atomic mass is 35.5. The maximum Gasteiger partial charge on any atom is 0.224 e. The van der Waals surface area contributed by atoms with E-state index in [1.54, 1.807) is 0 Å². The molecule has 1 N–H and O–H groups in total. The lowest BCUT2D eigenvalue weighted by molar-refractivity contribution is -0.116. The van der Waals surface area contributed by atoms with E-state index in [-0.39, 0.29) is 18.0 Å². The molecule has 0 atom stereocenters. The highest BCUT2D eigenvalue weighted by Gasteiger charge is 2.07. The fourth-order valence-corrected chi connectivity index (χ4v) is 1.38. The topological polar surface area (TPSA) is 29.1 Å². The molecule has 0 aromatic heterocycles. The van der Waals surface area contributed by atoms with Crippen LogP contribution < -0.4 is 5.32 Å². The molecule has 1 aromatic carbocycles. The zero-order valence-electron chi connectivity index (χ0n) is 8.60. The fourth-order valence-electron chi connectivity index (χ4n) is 1.19. The van der Waals surface area contributed by atoms with E-state index in [1.165, 1.54) is 0 Å². The summed E-state index contributed by atoms with van der Waals surface area (Å²) in [6, 6.07) is 2.93. The van der Waals surface area contributed by atoms with Gasteiger partial charge in [-0.15, -0.1) is 11.6 Å². The molecule has 16 heavy (non-hydrogen) atoms. The van der Waals surface area contributed by atoms with Crippen LogP contribution in [0.4, 0.5) is 14.5 Å². The van der Waals surface area contributed by atoms with E-state index >= 15 is 0 Å². The molecule has 0 saturated carbocycles. The number of hydrogen-bond donors (Lipinski definition) is 1. The summed E-state index contributed by atoms with van der Waals surface area (Å²) in [5.74, 6) is -1.08. The molecule has 0 heterocycles. The van der Waals surface area contributed by atoms with Gasteiger partial charge in [0.15, 0.2) is 0 Å². The van der Waals surface area contributed by atoms with Gasteiger partial charge in [0.1, 0.15) is 11.6 Å². The molecule has 5 heteroatoms. The van der Waals surface area contributed by atoms with Gasteiger partial charge in [0.05, 0.1) is 5.69 Å². The Hall–Kier alpha value is -1.16. The first kappa shape index (κ1) is 12.9. The van der Waals surface area contributed by atoms with Crippen LogP contribution in [0.3, 0.4) is 0 Å². The van der Waals surface area contributed by atoms with Crippen LogP contribution in [0.1, 0.15) is 19.3 Å². The van der Waals surface area contributed by atoms with Crippen molar-refractivity contribution in [3.63, 3.8) is 0 Å². The van der Waals surface area contributed by atoms with Crippen molar-refractivity contribution in [3.8, 4) is 0 Å². The van der Waals surface area contributed by atoms with Gasteiger partial charge < -0.3 is 5.32 Å². The number of halogens is 3. The number of anilines is 1. The molecule has 2 nitrogen and oxygen atoms in total. The molecule has 0 fully saturated rings. The van der Waals surface area contributed by atoms with Crippen LogP contribution in [-0.2, 0) is 4.79 Å². The van der Waals surface area contributed by atoms with Crippen molar-refractivity contribution < 1.29 is 13.6 Å². The number of alkyl halides is 1. The number of carbonyl (C=O) groups excluding carboxylic acids is 1. The van der Waals surface area contributed by atoms with Crippen molar-refractivity contribution in [1.82, 2.24) is 0 Å². The van der Waals surface area contributed by atoms with Gasteiger partial charge in [-0.25, -0.2) is 8.78 Å². The van der Waals surface area contributed by atoms with Gasteiger partial charge >= 0.3 is 0 Å². The third-order valence-corrected chi connectivity index (χ3v) is 2.26. The van der Waals surface area contributed by atoms with Crippen LogP contribution in [0.25, 0.3) is 0 Å². The maximum atomic E-state index is 13.1. The summed E-state index contributed by atoms with van der Waals surface area (Å²) in [6.07, 6.45) is 1.61. The smallest absolute Gasteiger partial charge is 0.224 e. The number of hydrogen-bond acceptors (Lipinski definition) is 1. The van der Waals surface area contributed by atoms with Crippen LogP contribution in [0.2, 0.25) is 0 Å². The second-order valence-electron chi connectivity index (χ2n) is 3.32. The second-order valence-corrected chi connectivity index (χ2v) is 3.70. The molecule has 0 unspecified atom stereocenters. The number of benzene rings is 1. The predicted octanol–water partition coefficient (Wildman–Crippen LogP) is 3.31. The summed E-state index contributed by atoms with van der Waals surface area (Å²) in [4.78, 5) is 11.3. The minimum Gasteiger partial charge on any atom is -0.324 e. The van der Waals surface area contributed by atoms with Gasteiger partial charge in [0, 0.05) is 18.4 Å². The summed E-state index contributed by atoms with van der Waals surface area (Å²) in [5.41, 5.74) is -0.129. The van der Waals surface area contributed by atoms with Crippen molar-refractivity contribution in [2.75, 3.05) is 11.2 Å². The van der Waals surface area contributed by atoms with Crippen LogP contribution >= 0.6 is 11.6 Å². The summed E-state index contributed by atoms with van der Waals surface area (Å²) >= 11 is 5.45. The van der Waals surface area contributed by atoms with Gasteiger partial charge in [-0.3, -0.25) is 4.79 Å². The van der Waals surface area contributed by atoms with Gasteiger partial charge in [-0.1, -0.05) is 0 Å². The number of unbranched alkanes of at least 4 members (excludes halogenated alkanes) is 1. The Bertz CT molecular complexity index is 371. The minimum atomic E-state index is -0.646. The first-order chi connectivity index (χ1) is 7.63. The average molecular weight is 248 g/mol. The van der Waals surface area contributed by atoms with Crippen molar-refractivity contribution in [2.24, 2.45) is 0 Å². The second kappa shape index (κ2) is 6.43. The normalized spacial score (nSPS) is 10.2.